The average molecular weight is 368 g/mol. The Hall–Kier alpha value is -1.74. The lowest BCUT2D eigenvalue weighted by atomic mass is 9.70. The van der Waals surface area contributed by atoms with Crippen LogP contribution in [0.5, 0.6) is 0 Å². The number of nitrogens with zero attached hydrogens (tertiary/aromatic N) is 1. The fourth-order valence-electron chi connectivity index (χ4n) is 5.73. The number of ketones is 1. The number of rotatable bonds is 5. The number of carbonyl (C=O) groups is 1. The molecule has 3 heteroatoms. The van der Waals surface area contributed by atoms with Crippen molar-refractivity contribution in [2.45, 2.75) is 63.5 Å². The van der Waals surface area contributed by atoms with Crippen molar-refractivity contribution < 1.29 is 9.18 Å². The summed E-state index contributed by atoms with van der Waals surface area (Å²) in [5.74, 6) is -0.0132. The van der Waals surface area contributed by atoms with Crippen molar-refractivity contribution in [1.82, 2.24) is 4.90 Å². The molecule has 0 radical (unpaired) electrons. The summed E-state index contributed by atoms with van der Waals surface area (Å²) in [7, 11) is 2.24. The topological polar surface area (TPSA) is 20.3 Å². The Morgan fingerprint density at radius 1 is 1.15 bits per heavy atom. The first kappa shape index (κ1) is 18.6. The van der Waals surface area contributed by atoms with Gasteiger partial charge < -0.3 is 0 Å². The zero-order valence-corrected chi connectivity index (χ0v) is 16.6. The van der Waals surface area contributed by atoms with E-state index in [4.69, 9.17) is 0 Å². The lowest BCUT2D eigenvalue weighted by Gasteiger charge is -2.41. The van der Waals surface area contributed by atoms with Crippen LogP contribution in [0.15, 0.2) is 53.9 Å². The highest BCUT2D eigenvalue weighted by Crippen LogP contribution is 2.54. The number of hydrogen-bond acceptors (Lipinski definition) is 2. The van der Waals surface area contributed by atoms with Gasteiger partial charge in [-0.2, -0.15) is 0 Å². The van der Waals surface area contributed by atoms with Crippen LogP contribution in [0.2, 0.25) is 0 Å². The van der Waals surface area contributed by atoms with Crippen LogP contribution < -0.4 is 0 Å². The Balaban J connectivity index is 1.66. The van der Waals surface area contributed by atoms with Crippen molar-refractivity contribution in [2.75, 3.05) is 7.05 Å². The Labute approximate surface area is 162 Å². The fraction of sp³-hybridized carbons (Fsp3) is 0.542. The first-order chi connectivity index (χ1) is 12.9. The predicted octanol–water partition coefficient (Wildman–Crippen LogP) is 5.42. The molecule has 1 aromatic carbocycles. The number of benzene rings is 1. The first-order valence-electron chi connectivity index (χ1n) is 10.3. The lowest BCUT2D eigenvalue weighted by molar-refractivity contribution is -0.117. The molecule has 144 valence electrons. The molecule has 3 atom stereocenters. The molecule has 2 aliphatic heterocycles. The second kappa shape index (κ2) is 7.01. The van der Waals surface area contributed by atoms with Crippen LogP contribution >= 0.6 is 0 Å². The van der Waals surface area contributed by atoms with E-state index in [2.05, 4.69) is 36.2 Å². The summed E-state index contributed by atoms with van der Waals surface area (Å²) in [6, 6.07) is 11.2. The highest BCUT2D eigenvalue weighted by Gasteiger charge is 2.54. The second-order valence-corrected chi connectivity index (χ2v) is 8.79. The molecule has 2 nitrogen and oxygen atoms in total. The third-order valence-electron chi connectivity index (χ3n) is 7.73. The van der Waals surface area contributed by atoms with Gasteiger partial charge in [0.05, 0.1) is 0 Å². The van der Waals surface area contributed by atoms with Gasteiger partial charge in [0.25, 0.3) is 0 Å². The molecule has 0 spiro atoms. The zero-order valence-electron chi connectivity index (χ0n) is 16.6. The van der Waals surface area contributed by atoms with Crippen LogP contribution in [0.1, 0.15) is 57.4 Å². The van der Waals surface area contributed by atoms with Gasteiger partial charge in [0.15, 0.2) is 5.78 Å². The van der Waals surface area contributed by atoms with Gasteiger partial charge in [0, 0.05) is 29.8 Å². The smallest absolute Gasteiger partial charge is 0.159 e. The molecular formula is C24H30FNO. The van der Waals surface area contributed by atoms with E-state index in [1.54, 1.807) is 6.08 Å². The van der Waals surface area contributed by atoms with E-state index >= 15 is 0 Å². The van der Waals surface area contributed by atoms with Crippen molar-refractivity contribution in [3.63, 3.8) is 0 Å². The van der Waals surface area contributed by atoms with Crippen molar-refractivity contribution in [3.05, 3.63) is 59.4 Å². The summed E-state index contributed by atoms with van der Waals surface area (Å²) in [5.41, 5.74) is 2.14. The van der Waals surface area contributed by atoms with Gasteiger partial charge in [-0.25, -0.2) is 4.39 Å². The third-order valence-corrected chi connectivity index (χ3v) is 7.73. The summed E-state index contributed by atoms with van der Waals surface area (Å²) in [5, 5.41) is 0. The molecule has 2 bridgehead atoms. The lowest BCUT2D eigenvalue weighted by Crippen LogP contribution is -2.44. The molecule has 0 amide bonds. The van der Waals surface area contributed by atoms with Gasteiger partial charge in [0.1, 0.15) is 5.83 Å². The van der Waals surface area contributed by atoms with Crippen LogP contribution in [0.4, 0.5) is 4.39 Å². The molecule has 0 saturated carbocycles. The molecule has 0 aromatic heterocycles. The van der Waals surface area contributed by atoms with E-state index in [1.807, 2.05) is 19.9 Å². The van der Waals surface area contributed by atoms with E-state index in [9.17, 15) is 9.18 Å². The van der Waals surface area contributed by atoms with Crippen LogP contribution in [0.25, 0.3) is 0 Å². The monoisotopic (exact) mass is 367 g/mol. The average Bonchev–Trinajstić information content (AvgIpc) is 3.17. The third kappa shape index (κ3) is 3.00. The molecule has 2 heterocycles. The summed E-state index contributed by atoms with van der Waals surface area (Å²) < 4.78 is 13.9. The summed E-state index contributed by atoms with van der Waals surface area (Å²) in [4.78, 5) is 15.9. The Kier molecular flexibility index (Phi) is 4.84. The van der Waals surface area contributed by atoms with Gasteiger partial charge in [0.2, 0.25) is 0 Å². The molecule has 3 unspecified atom stereocenters. The molecule has 2 saturated heterocycles. The van der Waals surface area contributed by atoms with Crippen molar-refractivity contribution in [2.24, 2.45) is 11.8 Å². The number of allylic oxidation sites excluding steroid dienone is 4. The molecular weight excluding hydrogens is 337 g/mol. The van der Waals surface area contributed by atoms with Gasteiger partial charge in [-0.1, -0.05) is 50.3 Å². The second-order valence-electron chi connectivity index (χ2n) is 8.79. The number of carbonyl (C=O) groups excluding carboxylic acids is 1. The standard InChI is InChI=1S/C24H30FNO/c1-16-17(2)22(25)10-9-20(16)23(27)15-21(18-7-5-4-6-8-18)24-13-11-19(12-14-24)26(24)3/h4-10,16-17,19,21H,11-15H2,1-3H3. The Morgan fingerprint density at radius 3 is 2.41 bits per heavy atom. The Bertz CT molecular complexity index is 773. The fourth-order valence-corrected chi connectivity index (χ4v) is 5.73. The molecule has 1 aromatic rings. The highest BCUT2D eigenvalue weighted by molar-refractivity contribution is 5.97. The maximum absolute atomic E-state index is 13.9. The number of likely N-dealkylation sites (N-methyl/N-ethyl adjacent to an activating group) is 1. The zero-order chi connectivity index (χ0) is 19.2. The number of hydrogen-bond donors (Lipinski definition) is 0. The maximum atomic E-state index is 13.9. The number of fused-ring (bicyclic) bond motifs is 2. The predicted molar refractivity (Wildman–Crippen MR) is 107 cm³/mol. The van der Waals surface area contributed by atoms with Gasteiger partial charge >= 0.3 is 0 Å². The van der Waals surface area contributed by atoms with Crippen molar-refractivity contribution in [1.29, 1.82) is 0 Å². The minimum Gasteiger partial charge on any atom is -0.297 e. The summed E-state index contributed by atoms with van der Waals surface area (Å²) in [6.07, 6.45) is 8.52. The molecule has 2 fully saturated rings. The SMILES string of the molecule is CC1C(F)=CC=C(C(=O)CC(c2ccccc2)C23CCC(CC2)N3C)C1C. The normalized spacial score (nSPS) is 34.3. The van der Waals surface area contributed by atoms with Crippen molar-refractivity contribution >= 4 is 5.78 Å². The van der Waals surface area contributed by atoms with Crippen LogP contribution in [0.3, 0.4) is 0 Å². The Morgan fingerprint density at radius 2 is 1.81 bits per heavy atom. The van der Waals surface area contributed by atoms with Crippen LogP contribution in [0, 0.1) is 11.8 Å². The minimum atomic E-state index is -0.215. The molecule has 27 heavy (non-hydrogen) atoms. The summed E-state index contributed by atoms with van der Waals surface area (Å²) in [6.45, 7) is 3.85. The van der Waals surface area contributed by atoms with E-state index in [-0.39, 0.29) is 34.9 Å². The van der Waals surface area contributed by atoms with E-state index in [0.29, 0.717) is 12.5 Å². The van der Waals surface area contributed by atoms with Gasteiger partial charge in [-0.05, 0) is 55.9 Å². The molecule has 1 aliphatic carbocycles. The van der Waals surface area contributed by atoms with Gasteiger partial charge in [-0.3, -0.25) is 9.69 Å². The number of halogens is 1. The molecule has 3 aliphatic rings. The number of Topliss-reactive ketones (excluding diaryl/α,β-unsaturated/α-hetero) is 1. The maximum Gasteiger partial charge on any atom is 0.159 e. The summed E-state index contributed by atoms with van der Waals surface area (Å²) >= 11 is 0. The highest BCUT2D eigenvalue weighted by atomic mass is 19.1. The largest absolute Gasteiger partial charge is 0.297 e. The molecule has 4 rings (SSSR count). The first-order valence-corrected chi connectivity index (χ1v) is 10.3. The van der Waals surface area contributed by atoms with E-state index in [0.717, 1.165) is 5.57 Å². The van der Waals surface area contributed by atoms with E-state index in [1.165, 1.54) is 37.3 Å². The molecule has 0 N–H and O–H groups in total. The van der Waals surface area contributed by atoms with E-state index < -0.39 is 0 Å². The van der Waals surface area contributed by atoms with Crippen LogP contribution in [-0.4, -0.2) is 29.3 Å². The van der Waals surface area contributed by atoms with Crippen LogP contribution in [-0.2, 0) is 4.79 Å². The van der Waals surface area contributed by atoms with Gasteiger partial charge in [-0.15, -0.1) is 0 Å². The quantitative estimate of drug-likeness (QED) is 0.692. The van der Waals surface area contributed by atoms with Crippen molar-refractivity contribution in [3.8, 4) is 0 Å². The minimum absolute atomic E-state index is 0.0611.